The molecule has 72 valence electrons. The first-order valence-corrected chi connectivity index (χ1v) is 4.75. The molecular formula is C8H16ClNO2. The molecule has 1 amide bonds. The average molecular weight is 194 g/mol. The Labute approximate surface area is 78.4 Å². The van der Waals surface area contributed by atoms with Crippen molar-refractivity contribution in [3.63, 3.8) is 0 Å². The van der Waals surface area contributed by atoms with E-state index < -0.39 is 0 Å². The first kappa shape index (κ1) is 11.7. The minimum Gasteiger partial charge on any atom is -0.381 e. The third-order valence-corrected chi connectivity index (χ3v) is 1.50. The summed E-state index contributed by atoms with van der Waals surface area (Å²) in [4.78, 5) is 10.6. The number of nitrogens with one attached hydrogen (secondary N) is 1. The third-order valence-electron chi connectivity index (χ3n) is 1.26. The van der Waals surface area contributed by atoms with Crippen LogP contribution in [0.15, 0.2) is 0 Å². The molecule has 0 radical (unpaired) electrons. The Hall–Kier alpha value is -0.280. The van der Waals surface area contributed by atoms with Crippen molar-refractivity contribution in [2.45, 2.75) is 19.8 Å². The molecule has 0 aliphatic heterocycles. The van der Waals surface area contributed by atoms with Crippen LogP contribution in [-0.2, 0) is 9.53 Å². The van der Waals surface area contributed by atoms with Crippen molar-refractivity contribution in [2.24, 2.45) is 0 Å². The molecule has 0 aromatic rings. The van der Waals surface area contributed by atoms with Gasteiger partial charge in [-0.2, -0.15) is 0 Å². The number of hydrogen-bond acceptors (Lipinski definition) is 2. The lowest BCUT2D eigenvalue weighted by Gasteiger charge is -2.03. The average Bonchev–Trinajstić information content (AvgIpc) is 2.10. The lowest BCUT2D eigenvalue weighted by Crippen LogP contribution is -2.26. The number of amides is 1. The predicted molar refractivity (Wildman–Crippen MR) is 49.5 cm³/mol. The summed E-state index contributed by atoms with van der Waals surface area (Å²) in [5.74, 6) is -0.0809. The maximum absolute atomic E-state index is 10.6. The first-order valence-electron chi connectivity index (χ1n) is 4.21. The van der Waals surface area contributed by atoms with Crippen molar-refractivity contribution in [3.8, 4) is 0 Å². The van der Waals surface area contributed by atoms with Crippen molar-refractivity contribution < 1.29 is 9.53 Å². The van der Waals surface area contributed by atoms with E-state index in [0.29, 0.717) is 13.2 Å². The standard InChI is InChI=1S/C8H16ClNO2/c1-2-5-12-6-3-4-10-8(11)7-9/h2-7H2,1H3,(H,10,11). The number of ether oxygens (including phenoxy) is 1. The lowest BCUT2D eigenvalue weighted by atomic mass is 10.4. The van der Waals surface area contributed by atoms with E-state index in [9.17, 15) is 4.79 Å². The van der Waals surface area contributed by atoms with Gasteiger partial charge in [-0.3, -0.25) is 4.79 Å². The summed E-state index contributed by atoms with van der Waals surface area (Å²) >= 11 is 5.27. The van der Waals surface area contributed by atoms with E-state index in [1.165, 1.54) is 0 Å². The highest BCUT2D eigenvalue weighted by Crippen LogP contribution is 1.84. The van der Waals surface area contributed by atoms with Gasteiger partial charge in [-0.15, -0.1) is 11.6 Å². The third kappa shape index (κ3) is 7.82. The van der Waals surface area contributed by atoms with E-state index in [0.717, 1.165) is 19.4 Å². The van der Waals surface area contributed by atoms with Crippen LogP contribution in [0.3, 0.4) is 0 Å². The largest absolute Gasteiger partial charge is 0.381 e. The summed E-state index contributed by atoms with van der Waals surface area (Å²) in [5.41, 5.74) is 0. The first-order chi connectivity index (χ1) is 5.81. The molecule has 0 fully saturated rings. The number of carbonyl (C=O) groups excluding carboxylic acids is 1. The summed E-state index contributed by atoms with van der Waals surface area (Å²) in [6.07, 6.45) is 1.89. The Bertz CT molecular complexity index is 120. The van der Waals surface area contributed by atoms with E-state index in [1.54, 1.807) is 0 Å². The molecule has 0 heterocycles. The van der Waals surface area contributed by atoms with Gasteiger partial charge in [0, 0.05) is 19.8 Å². The summed E-state index contributed by atoms with van der Waals surface area (Å²) in [7, 11) is 0. The lowest BCUT2D eigenvalue weighted by molar-refractivity contribution is -0.118. The van der Waals surface area contributed by atoms with Gasteiger partial charge < -0.3 is 10.1 Å². The number of halogens is 1. The number of hydrogen-bond donors (Lipinski definition) is 1. The van der Waals surface area contributed by atoms with Crippen LogP contribution in [0.2, 0.25) is 0 Å². The van der Waals surface area contributed by atoms with E-state index in [4.69, 9.17) is 16.3 Å². The molecule has 0 unspecified atom stereocenters. The Morgan fingerprint density at radius 3 is 2.83 bits per heavy atom. The Morgan fingerprint density at radius 2 is 2.25 bits per heavy atom. The van der Waals surface area contributed by atoms with Gasteiger partial charge in [0.25, 0.3) is 0 Å². The highest BCUT2D eigenvalue weighted by molar-refractivity contribution is 6.27. The number of carbonyl (C=O) groups is 1. The zero-order chi connectivity index (χ0) is 9.23. The van der Waals surface area contributed by atoms with Crippen molar-refractivity contribution in [2.75, 3.05) is 25.6 Å². The van der Waals surface area contributed by atoms with Crippen LogP contribution in [0.5, 0.6) is 0 Å². The maximum Gasteiger partial charge on any atom is 0.234 e. The quantitative estimate of drug-likeness (QED) is 0.487. The SMILES string of the molecule is CCCOCCCNC(=O)CCl. The van der Waals surface area contributed by atoms with Crippen molar-refractivity contribution in [1.82, 2.24) is 5.32 Å². The Kier molecular flexibility index (Phi) is 8.61. The van der Waals surface area contributed by atoms with E-state index in [1.807, 2.05) is 0 Å². The molecular weight excluding hydrogens is 178 g/mol. The molecule has 3 nitrogen and oxygen atoms in total. The fourth-order valence-electron chi connectivity index (χ4n) is 0.696. The van der Waals surface area contributed by atoms with Gasteiger partial charge in [-0.25, -0.2) is 0 Å². The minimum atomic E-state index is -0.118. The fraction of sp³-hybridized carbons (Fsp3) is 0.875. The van der Waals surface area contributed by atoms with Gasteiger partial charge in [0.2, 0.25) is 5.91 Å². The minimum absolute atomic E-state index is 0.0375. The van der Waals surface area contributed by atoms with E-state index in [2.05, 4.69) is 12.2 Å². The summed E-state index contributed by atoms with van der Waals surface area (Å²) in [6, 6.07) is 0. The predicted octanol–water partition coefficient (Wildman–Crippen LogP) is 1.16. The fourth-order valence-corrected chi connectivity index (χ4v) is 0.790. The van der Waals surface area contributed by atoms with Gasteiger partial charge in [0.05, 0.1) is 0 Å². The van der Waals surface area contributed by atoms with Crippen molar-refractivity contribution in [3.05, 3.63) is 0 Å². The maximum atomic E-state index is 10.6. The second kappa shape index (κ2) is 8.81. The highest BCUT2D eigenvalue weighted by Gasteiger charge is 1.95. The number of rotatable bonds is 7. The molecule has 0 saturated heterocycles. The van der Waals surface area contributed by atoms with Gasteiger partial charge in [-0.1, -0.05) is 6.92 Å². The Morgan fingerprint density at radius 1 is 1.50 bits per heavy atom. The summed E-state index contributed by atoms with van der Waals surface area (Å²) in [5, 5.41) is 2.66. The summed E-state index contributed by atoms with van der Waals surface area (Å²) in [6.45, 7) is 4.21. The van der Waals surface area contributed by atoms with Crippen molar-refractivity contribution in [1.29, 1.82) is 0 Å². The second-order valence-corrected chi connectivity index (χ2v) is 2.72. The van der Waals surface area contributed by atoms with Gasteiger partial charge >= 0.3 is 0 Å². The molecule has 0 atom stereocenters. The molecule has 1 N–H and O–H groups in total. The van der Waals surface area contributed by atoms with Gasteiger partial charge in [-0.05, 0) is 12.8 Å². The van der Waals surface area contributed by atoms with Crippen LogP contribution in [0.4, 0.5) is 0 Å². The molecule has 0 spiro atoms. The molecule has 0 rings (SSSR count). The molecule has 0 aliphatic carbocycles. The molecule has 12 heavy (non-hydrogen) atoms. The topological polar surface area (TPSA) is 38.3 Å². The monoisotopic (exact) mass is 193 g/mol. The second-order valence-electron chi connectivity index (χ2n) is 2.45. The van der Waals surface area contributed by atoms with Crippen LogP contribution in [-0.4, -0.2) is 31.5 Å². The van der Waals surface area contributed by atoms with Crippen LogP contribution in [0.1, 0.15) is 19.8 Å². The molecule has 0 aromatic carbocycles. The molecule has 0 aliphatic rings. The normalized spacial score (nSPS) is 9.83. The van der Waals surface area contributed by atoms with E-state index in [-0.39, 0.29) is 11.8 Å². The van der Waals surface area contributed by atoms with Crippen LogP contribution < -0.4 is 5.32 Å². The van der Waals surface area contributed by atoms with Crippen LogP contribution in [0, 0.1) is 0 Å². The zero-order valence-electron chi connectivity index (χ0n) is 7.44. The molecule has 0 saturated carbocycles. The van der Waals surface area contributed by atoms with Crippen LogP contribution in [0.25, 0.3) is 0 Å². The number of alkyl halides is 1. The van der Waals surface area contributed by atoms with E-state index >= 15 is 0 Å². The summed E-state index contributed by atoms with van der Waals surface area (Å²) < 4.78 is 5.21. The molecule has 0 bridgehead atoms. The van der Waals surface area contributed by atoms with Gasteiger partial charge in [0.1, 0.15) is 5.88 Å². The molecule has 0 aromatic heterocycles. The van der Waals surface area contributed by atoms with Crippen LogP contribution >= 0.6 is 11.6 Å². The highest BCUT2D eigenvalue weighted by atomic mass is 35.5. The smallest absolute Gasteiger partial charge is 0.234 e. The van der Waals surface area contributed by atoms with Gasteiger partial charge in [0.15, 0.2) is 0 Å². The zero-order valence-corrected chi connectivity index (χ0v) is 8.19. The molecule has 4 heteroatoms. The van der Waals surface area contributed by atoms with Crippen molar-refractivity contribution >= 4 is 17.5 Å². The Balaban J connectivity index is 2.95.